The second-order valence-electron chi connectivity index (χ2n) is 3.33. The molecule has 0 saturated heterocycles. The molecule has 0 fully saturated rings. The summed E-state index contributed by atoms with van der Waals surface area (Å²) in [7, 11) is -1.11. The van der Waals surface area contributed by atoms with Gasteiger partial charge in [0.15, 0.2) is 0 Å². The molecule has 1 radical (unpaired) electrons. The van der Waals surface area contributed by atoms with E-state index < -0.39 is 7.32 Å². The maximum absolute atomic E-state index is 5.34. The summed E-state index contributed by atoms with van der Waals surface area (Å²) in [6.45, 7) is 0. The van der Waals surface area contributed by atoms with Crippen molar-refractivity contribution in [3.05, 3.63) is 55.4 Å². The zero-order valence-electron chi connectivity index (χ0n) is 10.7. The summed E-state index contributed by atoms with van der Waals surface area (Å²) >= 11 is 0. The van der Waals surface area contributed by atoms with Crippen molar-refractivity contribution >= 4 is 58.7 Å². The van der Waals surface area contributed by atoms with E-state index in [9.17, 15) is 0 Å². The van der Waals surface area contributed by atoms with Gasteiger partial charge in [-0.05, 0) is 18.2 Å². The topological polar surface area (TPSA) is 81.1 Å². The molecular weight excluding hydrogens is 290 g/mol. The SMILES string of the molecule is [K].c1cnn(OB(On2cccn2)On2cccn2)c1. The Hall–Kier alpha value is -1.27. The molecule has 0 aromatic carbocycles. The zero-order valence-corrected chi connectivity index (χ0v) is 13.8. The Kier molecular flexibility index (Phi) is 5.67. The molecule has 0 N–H and O–H groups in total. The molecule has 0 aliphatic rings. The van der Waals surface area contributed by atoms with Gasteiger partial charge in [-0.15, -0.1) is 29.8 Å². The van der Waals surface area contributed by atoms with E-state index in [1.165, 1.54) is 14.5 Å². The number of rotatable bonds is 6. The van der Waals surface area contributed by atoms with Gasteiger partial charge < -0.3 is 14.3 Å². The van der Waals surface area contributed by atoms with Gasteiger partial charge in [-0.3, -0.25) is 0 Å². The van der Waals surface area contributed by atoms with Crippen molar-refractivity contribution in [2.45, 2.75) is 0 Å². The van der Waals surface area contributed by atoms with E-state index in [4.69, 9.17) is 14.3 Å². The number of hydrogen-bond acceptors (Lipinski definition) is 6. The van der Waals surface area contributed by atoms with Crippen LogP contribution in [-0.4, -0.2) is 88.5 Å². The molecular formula is C9H9BKN6O3. The average Bonchev–Trinajstić information content (AvgIpc) is 3.10. The van der Waals surface area contributed by atoms with Crippen LogP contribution in [0.4, 0.5) is 0 Å². The minimum Gasteiger partial charge on any atom is -0.380 e. The fourth-order valence-electron chi connectivity index (χ4n) is 1.27. The molecule has 9 nitrogen and oxygen atoms in total. The predicted octanol–water partition coefficient (Wildman–Crippen LogP) is -1.43. The predicted molar refractivity (Wildman–Crippen MR) is 67.9 cm³/mol. The van der Waals surface area contributed by atoms with Crippen LogP contribution in [0.5, 0.6) is 0 Å². The Balaban J connectivity index is 0.00000147. The Bertz CT molecular complexity index is 501. The molecule has 0 unspecified atom stereocenters. The van der Waals surface area contributed by atoms with Gasteiger partial charge in [0, 0.05) is 51.4 Å². The van der Waals surface area contributed by atoms with Crippen molar-refractivity contribution < 1.29 is 14.3 Å². The molecule has 97 valence electrons. The van der Waals surface area contributed by atoms with Gasteiger partial charge in [-0.2, -0.15) is 0 Å². The molecule has 0 bridgehead atoms. The first-order valence-corrected chi connectivity index (χ1v) is 5.40. The molecule has 0 spiro atoms. The Morgan fingerprint density at radius 2 is 1.00 bits per heavy atom. The Morgan fingerprint density at radius 1 is 0.650 bits per heavy atom. The van der Waals surface area contributed by atoms with Crippen LogP contribution in [0.25, 0.3) is 0 Å². The molecule has 0 atom stereocenters. The summed E-state index contributed by atoms with van der Waals surface area (Å²) in [4.78, 5) is 3.62. The minimum absolute atomic E-state index is 0. The number of aromatic nitrogens is 6. The van der Waals surface area contributed by atoms with Crippen LogP contribution in [0.1, 0.15) is 0 Å². The molecule has 3 aromatic heterocycles. The molecule has 0 aliphatic carbocycles. The van der Waals surface area contributed by atoms with Crippen molar-refractivity contribution in [1.29, 1.82) is 0 Å². The van der Waals surface area contributed by atoms with Crippen LogP contribution in [-0.2, 0) is 0 Å². The zero-order chi connectivity index (χ0) is 12.9. The fourth-order valence-corrected chi connectivity index (χ4v) is 1.27. The second kappa shape index (κ2) is 7.50. The third kappa shape index (κ3) is 4.11. The summed E-state index contributed by atoms with van der Waals surface area (Å²) in [6, 6.07) is 5.12. The monoisotopic (exact) mass is 299 g/mol. The molecule has 0 amide bonds. The van der Waals surface area contributed by atoms with Crippen molar-refractivity contribution in [3.63, 3.8) is 0 Å². The number of hydrogen-bond donors (Lipinski definition) is 0. The van der Waals surface area contributed by atoms with Crippen molar-refractivity contribution in [2.75, 3.05) is 0 Å². The minimum atomic E-state index is -1.11. The standard InChI is InChI=1S/C9H9BN6O3.K/c1-4-11-14(7-1)17-10(18-15-8-2-5-12-15)19-16-9-3-6-13-16;/h1-9H;. The maximum Gasteiger partial charge on any atom is 0.929 e. The van der Waals surface area contributed by atoms with E-state index >= 15 is 0 Å². The van der Waals surface area contributed by atoms with E-state index in [-0.39, 0.29) is 51.4 Å². The summed E-state index contributed by atoms with van der Waals surface area (Å²) in [5.41, 5.74) is 0. The number of nitrogens with zero attached hydrogens (tertiary/aromatic N) is 6. The fraction of sp³-hybridized carbons (Fsp3) is 0. The van der Waals surface area contributed by atoms with Gasteiger partial charge in [-0.25, -0.2) is 0 Å². The normalized spacial score (nSPS) is 9.60. The van der Waals surface area contributed by atoms with Crippen molar-refractivity contribution in [3.8, 4) is 0 Å². The largest absolute Gasteiger partial charge is 0.929 e. The summed E-state index contributed by atoms with van der Waals surface area (Å²) < 4.78 is 16.0. The molecule has 3 heterocycles. The van der Waals surface area contributed by atoms with Crippen LogP contribution < -0.4 is 14.3 Å². The van der Waals surface area contributed by atoms with Gasteiger partial charge in [0.05, 0.1) is 37.2 Å². The van der Waals surface area contributed by atoms with Gasteiger partial charge in [0.1, 0.15) is 0 Å². The van der Waals surface area contributed by atoms with Crippen molar-refractivity contribution in [2.24, 2.45) is 0 Å². The first-order valence-electron chi connectivity index (χ1n) is 5.40. The van der Waals surface area contributed by atoms with Crippen LogP contribution in [0.15, 0.2) is 55.4 Å². The first kappa shape index (κ1) is 15.1. The van der Waals surface area contributed by atoms with Crippen LogP contribution in [0.2, 0.25) is 0 Å². The van der Waals surface area contributed by atoms with Crippen LogP contribution in [0, 0.1) is 0 Å². The van der Waals surface area contributed by atoms with Gasteiger partial charge in [0.2, 0.25) is 0 Å². The third-order valence-corrected chi connectivity index (χ3v) is 2.02. The Morgan fingerprint density at radius 3 is 1.25 bits per heavy atom. The smallest absolute Gasteiger partial charge is 0.380 e. The molecule has 3 aromatic rings. The van der Waals surface area contributed by atoms with Crippen molar-refractivity contribution in [1.82, 2.24) is 29.8 Å². The van der Waals surface area contributed by atoms with Gasteiger partial charge >= 0.3 is 7.32 Å². The molecule has 20 heavy (non-hydrogen) atoms. The molecule has 11 heteroatoms. The molecule has 0 saturated carbocycles. The van der Waals surface area contributed by atoms with E-state index in [1.54, 1.807) is 55.4 Å². The second-order valence-corrected chi connectivity index (χ2v) is 3.33. The Labute approximate surface area is 156 Å². The van der Waals surface area contributed by atoms with Gasteiger partial charge in [-0.1, -0.05) is 0 Å². The van der Waals surface area contributed by atoms with E-state index in [0.717, 1.165) is 0 Å². The van der Waals surface area contributed by atoms with E-state index in [2.05, 4.69) is 15.3 Å². The maximum atomic E-state index is 5.34. The summed E-state index contributed by atoms with van der Waals surface area (Å²) in [5, 5.41) is 11.7. The summed E-state index contributed by atoms with van der Waals surface area (Å²) in [5.74, 6) is 0. The third-order valence-electron chi connectivity index (χ3n) is 2.02. The summed E-state index contributed by atoms with van der Waals surface area (Å²) in [6.07, 6.45) is 9.51. The van der Waals surface area contributed by atoms with E-state index in [0.29, 0.717) is 0 Å². The van der Waals surface area contributed by atoms with Crippen LogP contribution in [0.3, 0.4) is 0 Å². The molecule has 3 rings (SSSR count). The molecule has 0 aliphatic heterocycles. The van der Waals surface area contributed by atoms with Gasteiger partial charge in [0.25, 0.3) is 0 Å². The quantitative estimate of drug-likeness (QED) is 0.519. The first-order chi connectivity index (χ1) is 9.40. The van der Waals surface area contributed by atoms with E-state index in [1.807, 2.05) is 0 Å². The van der Waals surface area contributed by atoms with Crippen LogP contribution >= 0.6 is 0 Å². The average molecular weight is 299 g/mol.